The Labute approximate surface area is 180 Å². The number of hydrogen-bond acceptors (Lipinski definition) is 5. The summed E-state index contributed by atoms with van der Waals surface area (Å²) in [6.07, 6.45) is 2.77. The summed E-state index contributed by atoms with van der Waals surface area (Å²) in [5.41, 5.74) is 6.56. The lowest BCUT2D eigenvalue weighted by Crippen LogP contribution is -2.43. The number of aliphatic hydroxyl groups excluding tert-OH is 1. The van der Waals surface area contributed by atoms with E-state index >= 15 is 0 Å². The topological polar surface area (TPSA) is 87.8 Å². The third-order valence-corrected chi connectivity index (χ3v) is 6.09. The van der Waals surface area contributed by atoms with Crippen molar-refractivity contribution >= 4 is 31.0 Å². The zero-order chi connectivity index (χ0) is 21.6. The summed E-state index contributed by atoms with van der Waals surface area (Å²) in [6, 6.07) is 3.12. The fourth-order valence-electron chi connectivity index (χ4n) is 3.97. The number of nitrogen functional groups attached to an aromatic ring is 1. The molecule has 2 rings (SSSR count). The molecule has 3 unspecified atom stereocenters. The Bertz CT molecular complexity index is 681. The minimum absolute atomic E-state index is 0.205. The maximum absolute atomic E-state index is 12.6. The molecule has 1 saturated heterocycles. The summed E-state index contributed by atoms with van der Waals surface area (Å²) >= 11 is 6.06. The molecule has 1 aliphatic heterocycles. The highest BCUT2D eigenvalue weighted by Crippen LogP contribution is 2.29. The van der Waals surface area contributed by atoms with Crippen LogP contribution >= 0.6 is 11.6 Å². The maximum atomic E-state index is 12.6. The first-order chi connectivity index (χ1) is 13.7. The van der Waals surface area contributed by atoms with E-state index < -0.39 is 0 Å². The van der Waals surface area contributed by atoms with Gasteiger partial charge in [0.25, 0.3) is 5.91 Å². The average Bonchev–Trinajstić information content (AvgIpc) is 2.68. The van der Waals surface area contributed by atoms with E-state index in [0.717, 1.165) is 38.9 Å². The molecule has 0 aliphatic carbocycles. The van der Waals surface area contributed by atoms with Crippen LogP contribution in [-0.4, -0.2) is 63.2 Å². The second-order valence-corrected chi connectivity index (χ2v) is 9.11. The van der Waals surface area contributed by atoms with Crippen molar-refractivity contribution in [3.8, 4) is 5.75 Å². The monoisotopic (exact) mass is 423 g/mol. The number of carbonyl (C=O) groups is 1. The van der Waals surface area contributed by atoms with Gasteiger partial charge in [-0.3, -0.25) is 4.79 Å². The Kier molecular flexibility index (Phi) is 9.12. The van der Waals surface area contributed by atoms with Gasteiger partial charge >= 0.3 is 0 Å². The van der Waals surface area contributed by atoms with Gasteiger partial charge < -0.3 is 25.8 Å². The first-order valence-corrected chi connectivity index (χ1v) is 10.9. The molecule has 0 spiro atoms. The van der Waals surface area contributed by atoms with E-state index in [0.29, 0.717) is 46.2 Å². The second kappa shape index (κ2) is 11.1. The fourth-order valence-corrected chi connectivity index (χ4v) is 4.13. The van der Waals surface area contributed by atoms with Gasteiger partial charge in [0.05, 0.1) is 29.5 Å². The molecule has 0 saturated carbocycles. The number of methoxy groups -OCH3 is 1. The standard InChI is InChI=1S/C21H35BClN3O3/c1-13(8-14(2)22)19(27)12-26-6-4-15(5-7-26)11-25-21(28)16-9-17(23)18(24)10-20(16)29-3/h9-10,13-15,19,27H,4-8,11-12,22,24H2,1-3H3,(H,25,28). The van der Waals surface area contributed by atoms with Crippen LogP contribution in [0.15, 0.2) is 12.1 Å². The second-order valence-electron chi connectivity index (χ2n) is 8.70. The molecule has 0 bridgehead atoms. The molecule has 1 aromatic carbocycles. The van der Waals surface area contributed by atoms with Crippen LogP contribution in [0, 0.1) is 11.8 Å². The predicted molar refractivity (Wildman–Crippen MR) is 122 cm³/mol. The summed E-state index contributed by atoms with van der Waals surface area (Å²) in [4.78, 5) is 14.9. The number of carbonyl (C=O) groups excluding carboxylic acids is 1. The molecule has 0 radical (unpaired) electrons. The number of nitrogens with zero attached hydrogens (tertiary/aromatic N) is 1. The molecule has 8 heteroatoms. The molecular weight excluding hydrogens is 389 g/mol. The quantitative estimate of drug-likeness (QED) is 0.418. The molecule has 4 N–H and O–H groups in total. The van der Waals surface area contributed by atoms with Crippen LogP contribution in [-0.2, 0) is 0 Å². The molecule has 1 amide bonds. The molecule has 1 aromatic rings. The minimum Gasteiger partial charge on any atom is -0.496 e. The highest BCUT2D eigenvalue weighted by molar-refractivity contribution is 6.33. The number of hydrogen-bond donors (Lipinski definition) is 3. The van der Waals surface area contributed by atoms with Crippen molar-refractivity contribution in [1.29, 1.82) is 0 Å². The van der Waals surface area contributed by atoms with Crippen LogP contribution in [0.5, 0.6) is 5.75 Å². The molecule has 0 aromatic heterocycles. The number of piperidine rings is 1. The number of nitrogens with one attached hydrogen (secondary N) is 1. The van der Waals surface area contributed by atoms with Gasteiger partial charge in [-0.05, 0) is 43.8 Å². The van der Waals surface area contributed by atoms with E-state index in [4.69, 9.17) is 22.1 Å². The third kappa shape index (κ3) is 7.09. The molecule has 1 fully saturated rings. The number of halogens is 1. The zero-order valence-corrected chi connectivity index (χ0v) is 18.8. The molecule has 1 heterocycles. The van der Waals surface area contributed by atoms with Gasteiger partial charge in [-0.25, -0.2) is 0 Å². The Morgan fingerprint density at radius 1 is 1.41 bits per heavy atom. The number of β-amino-alcohol motifs (C(OH)–C–C–N with tert-alkyl or cyclic N) is 1. The Hall–Kier alpha value is -1.44. The smallest absolute Gasteiger partial charge is 0.255 e. The Morgan fingerprint density at radius 2 is 2.07 bits per heavy atom. The minimum atomic E-state index is -0.281. The van der Waals surface area contributed by atoms with Crippen molar-refractivity contribution in [2.75, 3.05) is 39.0 Å². The van der Waals surface area contributed by atoms with Gasteiger partial charge in [-0.2, -0.15) is 0 Å². The lowest BCUT2D eigenvalue weighted by atomic mass is 9.80. The van der Waals surface area contributed by atoms with E-state index in [-0.39, 0.29) is 12.0 Å². The lowest BCUT2D eigenvalue weighted by Gasteiger charge is -2.34. The number of ether oxygens (including phenoxy) is 1. The van der Waals surface area contributed by atoms with E-state index in [1.54, 1.807) is 12.1 Å². The van der Waals surface area contributed by atoms with Crippen LogP contribution in [0.25, 0.3) is 0 Å². The van der Waals surface area contributed by atoms with E-state index in [9.17, 15) is 9.90 Å². The van der Waals surface area contributed by atoms with Crippen molar-refractivity contribution in [3.05, 3.63) is 22.7 Å². The number of benzene rings is 1. The predicted octanol–water partition coefficient (Wildman–Crippen LogP) is 2.20. The zero-order valence-electron chi connectivity index (χ0n) is 18.1. The molecule has 1 aliphatic rings. The highest BCUT2D eigenvalue weighted by Gasteiger charge is 2.24. The summed E-state index contributed by atoms with van der Waals surface area (Å²) in [7, 11) is 3.70. The summed E-state index contributed by atoms with van der Waals surface area (Å²) in [5, 5.41) is 13.8. The summed E-state index contributed by atoms with van der Waals surface area (Å²) in [5.74, 6) is 1.56. The van der Waals surface area contributed by atoms with Gasteiger partial charge in [0, 0.05) is 19.2 Å². The van der Waals surface area contributed by atoms with Gasteiger partial charge in [0.1, 0.15) is 13.6 Å². The van der Waals surface area contributed by atoms with Crippen molar-refractivity contribution < 1.29 is 14.6 Å². The molecular formula is C21H35BClN3O3. The van der Waals surface area contributed by atoms with Crippen LogP contribution in [0.4, 0.5) is 5.69 Å². The van der Waals surface area contributed by atoms with Gasteiger partial charge in [0.15, 0.2) is 0 Å². The van der Waals surface area contributed by atoms with Crippen LogP contribution < -0.4 is 15.8 Å². The number of nitrogens with two attached hydrogens (primary N) is 1. The van der Waals surface area contributed by atoms with Gasteiger partial charge in [0.2, 0.25) is 0 Å². The largest absolute Gasteiger partial charge is 0.496 e. The number of amides is 1. The van der Waals surface area contributed by atoms with Gasteiger partial charge in [-0.1, -0.05) is 37.7 Å². The van der Waals surface area contributed by atoms with E-state index in [1.165, 1.54) is 7.11 Å². The van der Waals surface area contributed by atoms with Crippen molar-refractivity contribution in [1.82, 2.24) is 10.2 Å². The number of rotatable bonds is 9. The molecule has 6 nitrogen and oxygen atoms in total. The maximum Gasteiger partial charge on any atom is 0.255 e. The van der Waals surface area contributed by atoms with E-state index in [2.05, 4.69) is 31.9 Å². The van der Waals surface area contributed by atoms with Gasteiger partial charge in [-0.15, -0.1) is 0 Å². The average molecular weight is 424 g/mol. The van der Waals surface area contributed by atoms with Crippen molar-refractivity contribution in [3.63, 3.8) is 0 Å². The molecule has 3 atom stereocenters. The molecule has 162 valence electrons. The van der Waals surface area contributed by atoms with Crippen molar-refractivity contribution in [2.45, 2.75) is 45.0 Å². The van der Waals surface area contributed by atoms with Crippen molar-refractivity contribution in [2.24, 2.45) is 11.8 Å². The van der Waals surface area contributed by atoms with E-state index in [1.807, 2.05) is 0 Å². The van der Waals surface area contributed by atoms with Crippen LogP contribution in [0.2, 0.25) is 10.8 Å². The lowest BCUT2D eigenvalue weighted by molar-refractivity contribution is 0.0521. The summed E-state index contributed by atoms with van der Waals surface area (Å²) in [6.45, 7) is 7.56. The fraction of sp³-hybridized carbons (Fsp3) is 0.667. The normalized spacial score (nSPS) is 18.8. The highest BCUT2D eigenvalue weighted by atomic mass is 35.5. The number of likely N-dealkylation sites (tertiary alicyclic amines) is 1. The van der Waals surface area contributed by atoms with Crippen LogP contribution in [0.3, 0.4) is 0 Å². The third-order valence-electron chi connectivity index (χ3n) is 5.77. The number of aliphatic hydroxyl groups is 1. The SMILES string of the molecule is BC(C)CC(C)C(O)CN1CCC(CNC(=O)c2cc(Cl)c(N)cc2OC)CC1. The Balaban J connectivity index is 1.79. The van der Waals surface area contributed by atoms with Crippen LogP contribution in [0.1, 0.15) is 43.5 Å². The summed E-state index contributed by atoms with van der Waals surface area (Å²) < 4.78 is 5.26. The molecule has 29 heavy (non-hydrogen) atoms. The Morgan fingerprint density at radius 3 is 2.66 bits per heavy atom. The number of anilines is 1. The first-order valence-electron chi connectivity index (χ1n) is 10.5. The first kappa shape index (κ1) is 23.8.